The van der Waals surface area contributed by atoms with Crippen molar-refractivity contribution < 1.29 is 9.13 Å². The molecule has 0 amide bonds. The van der Waals surface area contributed by atoms with E-state index >= 15 is 4.39 Å². The van der Waals surface area contributed by atoms with Crippen LogP contribution >= 0.6 is 11.6 Å². The van der Waals surface area contributed by atoms with Crippen LogP contribution in [0.15, 0.2) is 41.5 Å². The van der Waals surface area contributed by atoms with Crippen molar-refractivity contribution in [2.75, 3.05) is 0 Å². The van der Waals surface area contributed by atoms with Gasteiger partial charge in [0.05, 0.1) is 28.6 Å². The fourth-order valence-corrected chi connectivity index (χ4v) is 4.19. The lowest BCUT2D eigenvalue weighted by Crippen LogP contribution is -2.09. The summed E-state index contributed by atoms with van der Waals surface area (Å²) in [7, 11) is 1.67. The maximum atomic E-state index is 15.4. The molecule has 2 aromatic carbocycles. The predicted octanol–water partition coefficient (Wildman–Crippen LogP) is 4.26. The lowest BCUT2D eigenvalue weighted by atomic mass is 9.95. The predicted molar refractivity (Wildman–Crippen MR) is 123 cm³/mol. The zero-order valence-corrected chi connectivity index (χ0v) is 18.4. The van der Waals surface area contributed by atoms with Gasteiger partial charge in [-0.2, -0.15) is 10.4 Å². The molecule has 9 heteroatoms. The fraction of sp³-hybridized carbons (Fsp3) is 0.208. The number of benzene rings is 2. The molecular weight excluding hydrogens is 445 g/mol. The average Bonchev–Trinajstić information content (AvgIpc) is 3.55. The first-order chi connectivity index (χ1) is 15.9. The van der Waals surface area contributed by atoms with Crippen LogP contribution < -0.4 is 16.0 Å². The summed E-state index contributed by atoms with van der Waals surface area (Å²) in [5, 5.41) is 15.3. The molecule has 0 radical (unpaired) electrons. The Bertz CT molecular complexity index is 1510. The number of nitrogens with zero attached hydrogens (tertiary/aromatic N) is 3. The van der Waals surface area contributed by atoms with Crippen LogP contribution in [0.2, 0.25) is 5.02 Å². The van der Waals surface area contributed by atoms with Crippen LogP contribution in [0.1, 0.15) is 24.0 Å². The highest BCUT2D eigenvalue weighted by Crippen LogP contribution is 2.43. The monoisotopic (exact) mass is 463 g/mol. The molecule has 1 fully saturated rings. The Kier molecular flexibility index (Phi) is 5.16. The van der Waals surface area contributed by atoms with E-state index in [9.17, 15) is 10.1 Å². The zero-order valence-electron chi connectivity index (χ0n) is 17.7. The van der Waals surface area contributed by atoms with Crippen molar-refractivity contribution in [3.8, 4) is 34.2 Å². The molecule has 0 aliphatic heterocycles. The number of aryl methyl sites for hydroxylation is 1. The van der Waals surface area contributed by atoms with Gasteiger partial charge in [-0.05, 0) is 41.5 Å². The van der Waals surface area contributed by atoms with Gasteiger partial charge in [-0.25, -0.2) is 4.39 Å². The molecule has 2 aromatic heterocycles. The molecule has 1 aliphatic carbocycles. The Morgan fingerprint density at radius 1 is 1.36 bits per heavy atom. The molecule has 0 unspecified atom stereocenters. The quantitative estimate of drug-likeness (QED) is 0.459. The van der Waals surface area contributed by atoms with Gasteiger partial charge in [-0.1, -0.05) is 17.7 Å². The number of hydrogen-bond acceptors (Lipinski definition) is 5. The lowest BCUT2D eigenvalue weighted by molar-refractivity contribution is 0.302. The minimum absolute atomic E-state index is 0.00532. The van der Waals surface area contributed by atoms with Crippen LogP contribution in [0.25, 0.3) is 33.2 Å². The highest BCUT2D eigenvalue weighted by Gasteiger charge is 2.29. The van der Waals surface area contributed by atoms with E-state index in [0.29, 0.717) is 27.6 Å². The van der Waals surface area contributed by atoms with Gasteiger partial charge in [0.15, 0.2) is 5.82 Å². The normalized spacial score (nSPS) is 13.3. The van der Waals surface area contributed by atoms with Gasteiger partial charge in [-0.15, -0.1) is 0 Å². The van der Waals surface area contributed by atoms with Crippen molar-refractivity contribution in [2.45, 2.75) is 25.5 Å². The molecule has 0 spiro atoms. The number of fused-ring (bicyclic) bond motifs is 1. The van der Waals surface area contributed by atoms with Gasteiger partial charge in [0.2, 0.25) is 0 Å². The maximum Gasteiger partial charge on any atom is 0.255 e. The van der Waals surface area contributed by atoms with Crippen molar-refractivity contribution in [2.24, 2.45) is 12.8 Å². The standard InChI is InChI=1S/C24H19ClFN5O2/c1-31-23(21-17(9-28)20(33-14-3-4-14)7-19(25)22(21)26)18(11-30-31)12-2-5-15-16(6-12)13(8-27)10-29-24(15)32/h2,5-7,10-11,14H,3-4,8,27H2,1H3,(H,29,32). The summed E-state index contributed by atoms with van der Waals surface area (Å²) < 4.78 is 22.8. The van der Waals surface area contributed by atoms with Crippen molar-refractivity contribution in [3.63, 3.8) is 0 Å². The molecule has 33 heavy (non-hydrogen) atoms. The van der Waals surface area contributed by atoms with Crippen LogP contribution in [-0.2, 0) is 13.6 Å². The van der Waals surface area contributed by atoms with E-state index < -0.39 is 5.82 Å². The number of halogens is 2. The minimum atomic E-state index is -0.721. The molecule has 0 saturated heterocycles. The Labute approximate surface area is 193 Å². The van der Waals surface area contributed by atoms with E-state index in [1.54, 1.807) is 31.6 Å². The summed E-state index contributed by atoms with van der Waals surface area (Å²) in [6.45, 7) is 0.236. The van der Waals surface area contributed by atoms with E-state index in [1.165, 1.54) is 10.7 Å². The average molecular weight is 464 g/mol. The zero-order chi connectivity index (χ0) is 23.3. The third-order valence-corrected chi connectivity index (χ3v) is 6.08. The third-order valence-electron chi connectivity index (χ3n) is 5.81. The molecule has 0 atom stereocenters. The lowest BCUT2D eigenvalue weighted by Gasteiger charge is -2.15. The third kappa shape index (κ3) is 3.55. The Hall–Kier alpha value is -3.67. The Balaban J connectivity index is 1.76. The highest BCUT2D eigenvalue weighted by atomic mass is 35.5. The Morgan fingerprint density at radius 3 is 2.85 bits per heavy atom. The van der Waals surface area contributed by atoms with Crippen LogP contribution in [0, 0.1) is 17.1 Å². The molecule has 1 saturated carbocycles. The summed E-state index contributed by atoms with van der Waals surface area (Å²) in [5.41, 5.74) is 8.15. The van der Waals surface area contributed by atoms with Crippen molar-refractivity contribution in [1.82, 2.24) is 14.8 Å². The first-order valence-corrected chi connectivity index (χ1v) is 10.8. The number of nitriles is 1. The second kappa shape index (κ2) is 8.03. The first kappa shape index (κ1) is 21.2. The van der Waals surface area contributed by atoms with E-state index in [4.69, 9.17) is 22.1 Å². The molecule has 5 rings (SSSR count). The van der Waals surface area contributed by atoms with Gasteiger partial charge >= 0.3 is 0 Å². The second-order valence-electron chi connectivity index (χ2n) is 7.99. The number of nitrogens with one attached hydrogen (secondary N) is 1. The number of hydrogen-bond donors (Lipinski definition) is 2. The molecule has 3 N–H and O–H groups in total. The smallest absolute Gasteiger partial charge is 0.255 e. The number of ether oxygens (including phenoxy) is 1. The first-order valence-electron chi connectivity index (χ1n) is 10.4. The van der Waals surface area contributed by atoms with Gasteiger partial charge in [-0.3, -0.25) is 9.48 Å². The largest absolute Gasteiger partial charge is 0.489 e. The van der Waals surface area contributed by atoms with Gasteiger partial charge in [0.25, 0.3) is 5.56 Å². The molecule has 7 nitrogen and oxygen atoms in total. The highest BCUT2D eigenvalue weighted by molar-refractivity contribution is 6.31. The number of aromatic amines is 1. The summed E-state index contributed by atoms with van der Waals surface area (Å²) in [5.74, 6) is -0.467. The summed E-state index contributed by atoms with van der Waals surface area (Å²) >= 11 is 6.21. The summed E-state index contributed by atoms with van der Waals surface area (Å²) in [6.07, 6.45) is 4.95. The number of rotatable bonds is 5. The minimum Gasteiger partial charge on any atom is -0.489 e. The number of pyridine rings is 1. The molecule has 0 bridgehead atoms. The van der Waals surface area contributed by atoms with Gasteiger partial charge in [0.1, 0.15) is 17.4 Å². The maximum absolute atomic E-state index is 15.4. The van der Waals surface area contributed by atoms with Gasteiger partial charge in [0, 0.05) is 36.8 Å². The topological polar surface area (TPSA) is 110 Å². The molecule has 166 valence electrons. The molecule has 2 heterocycles. The van der Waals surface area contributed by atoms with Crippen LogP contribution in [0.5, 0.6) is 5.75 Å². The Morgan fingerprint density at radius 2 is 2.15 bits per heavy atom. The van der Waals surface area contributed by atoms with Crippen molar-refractivity contribution in [1.29, 1.82) is 5.26 Å². The SMILES string of the molecule is Cn1ncc(-c2ccc3c(=O)[nH]cc(CN)c3c2)c1-c1c(F)c(Cl)cc(OC2CC2)c1C#N. The number of H-pyrrole nitrogens is 1. The fourth-order valence-electron chi connectivity index (χ4n) is 3.99. The van der Waals surface area contributed by atoms with E-state index in [0.717, 1.165) is 18.4 Å². The van der Waals surface area contributed by atoms with Gasteiger partial charge < -0.3 is 15.5 Å². The summed E-state index contributed by atoms with van der Waals surface area (Å²) in [4.78, 5) is 14.9. The second-order valence-corrected chi connectivity index (χ2v) is 8.39. The van der Waals surface area contributed by atoms with Crippen molar-refractivity contribution in [3.05, 3.63) is 69.0 Å². The van der Waals surface area contributed by atoms with Crippen LogP contribution in [0.4, 0.5) is 4.39 Å². The van der Waals surface area contributed by atoms with Crippen LogP contribution in [0.3, 0.4) is 0 Å². The van der Waals surface area contributed by atoms with E-state index in [1.807, 2.05) is 6.07 Å². The molecule has 4 aromatic rings. The number of aromatic nitrogens is 3. The summed E-state index contributed by atoms with van der Waals surface area (Å²) in [6, 6.07) is 8.71. The molecule has 1 aliphatic rings. The van der Waals surface area contributed by atoms with Crippen molar-refractivity contribution >= 4 is 22.4 Å². The van der Waals surface area contributed by atoms with Crippen LogP contribution in [-0.4, -0.2) is 20.9 Å². The van der Waals surface area contributed by atoms with E-state index in [-0.39, 0.29) is 40.1 Å². The van der Waals surface area contributed by atoms with E-state index in [2.05, 4.69) is 16.2 Å². The number of nitrogens with two attached hydrogens (primary N) is 1. The molecular formula is C24H19ClFN5O2.